The molecule has 1 fully saturated rings. The van der Waals surface area contributed by atoms with E-state index in [4.69, 9.17) is 13.8 Å². The topological polar surface area (TPSA) is 48.0 Å². The highest BCUT2D eigenvalue weighted by molar-refractivity contribution is 7.99. The molecule has 2 aliphatic rings. The fraction of sp³-hybridized carbons (Fsp3) is 0.613. The molecule has 0 aromatic heterocycles. The zero-order valence-corrected chi connectivity index (χ0v) is 27.3. The molecule has 0 unspecified atom stereocenters. The number of thioether (sulfide) groups is 1. The summed E-state index contributed by atoms with van der Waals surface area (Å²) in [6.45, 7) is 8.22. The van der Waals surface area contributed by atoms with Crippen LogP contribution in [0.3, 0.4) is 0 Å². The molecule has 0 spiro atoms. The molecule has 1 aliphatic carbocycles. The summed E-state index contributed by atoms with van der Waals surface area (Å²) in [5.41, 5.74) is -0.598. The van der Waals surface area contributed by atoms with Crippen molar-refractivity contribution in [2.75, 3.05) is 37.0 Å². The third kappa shape index (κ3) is 7.91. The largest absolute Gasteiger partial charge is 0.492 e. The molecule has 44 heavy (non-hydrogen) atoms. The Bertz CT molecular complexity index is 1330. The van der Waals surface area contributed by atoms with Gasteiger partial charge in [-0.05, 0) is 87.8 Å². The lowest BCUT2D eigenvalue weighted by molar-refractivity contribution is -0.139. The van der Waals surface area contributed by atoms with Crippen LogP contribution in [0.5, 0.6) is 5.75 Å². The third-order valence-corrected chi connectivity index (χ3v) is 12.1. The van der Waals surface area contributed by atoms with Crippen molar-refractivity contribution in [3.8, 4) is 5.75 Å². The SMILES string of the molecule is CCOP(=O)(OCC)C1(COc2cc3c(cc2C(F)(F)F)N(c2ccc(F)cc2)C[C@@H](CCC(C)(F)F)CS3)CC(C)(C)C1. The van der Waals surface area contributed by atoms with Gasteiger partial charge in [-0.3, -0.25) is 4.57 Å². The Kier molecular flexibility index (Phi) is 10.4. The molecule has 1 aliphatic heterocycles. The molecule has 0 saturated heterocycles. The second-order valence-electron chi connectivity index (χ2n) is 12.6. The summed E-state index contributed by atoms with van der Waals surface area (Å²) in [6.07, 6.45) is -4.28. The monoisotopic (exact) mass is 667 g/mol. The summed E-state index contributed by atoms with van der Waals surface area (Å²) in [4.78, 5) is 2.09. The molecule has 5 nitrogen and oxygen atoms in total. The van der Waals surface area contributed by atoms with Crippen molar-refractivity contribution < 1.29 is 44.7 Å². The molecular weight excluding hydrogens is 627 g/mol. The molecule has 0 amide bonds. The number of rotatable bonds is 12. The van der Waals surface area contributed by atoms with E-state index in [9.17, 15) is 30.9 Å². The van der Waals surface area contributed by atoms with Gasteiger partial charge in [0.2, 0.25) is 5.92 Å². The average Bonchev–Trinajstić information content (AvgIpc) is 3.08. The van der Waals surface area contributed by atoms with Crippen LogP contribution in [0, 0.1) is 17.2 Å². The van der Waals surface area contributed by atoms with E-state index in [1.54, 1.807) is 18.7 Å². The highest BCUT2D eigenvalue weighted by atomic mass is 32.2. The van der Waals surface area contributed by atoms with Crippen LogP contribution >= 0.6 is 19.4 Å². The van der Waals surface area contributed by atoms with Gasteiger partial charge in [-0.1, -0.05) is 13.8 Å². The van der Waals surface area contributed by atoms with Crippen LogP contribution < -0.4 is 9.64 Å². The molecule has 0 bridgehead atoms. The molecule has 13 heteroatoms. The maximum absolute atomic E-state index is 14.6. The fourth-order valence-corrected chi connectivity index (χ4v) is 10.3. The molecule has 4 rings (SSSR count). The lowest BCUT2D eigenvalue weighted by atomic mass is 9.64. The first-order chi connectivity index (χ1) is 20.4. The van der Waals surface area contributed by atoms with Crippen molar-refractivity contribution in [1.82, 2.24) is 0 Å². The van der Waals surface area contributed by atoms with Crippen LogP contribution in [0.2, 0.25) is 0 Å². The third-order valence-electron chi connectivity index (χ3n) is 7.99. The van der Waals surface area contributed by atoms with E-state index in [-0.39, 0.29) is 56.2 Å². The normalized spacial score (nSPS) is 20.1. The van der Waals surface area contributed by atoms with E-state index >= 15 is 0 Å². The van der Waals surface area contributed by atoms with Crippen molar-refractivity contribution in [1.29, 1.82) is 0 Å². The Morgan fingerprint density at radius 1 is 1.02 bits per heavy atom. The van der Waals surface area contributed by atoms with Crippen molar-refractivity contribution in [2.24, 2.45) is 11.3 Å². The number of hydrogen-bond acceptors (Lipinski definition) is 6. The van der Waals surface area contributed by atoms with Gasteiger partial charge >= 0.3 is 13.8 Å². The van der Waals surface area contributed by atoms with Gasteiger partial charge in [-0.15, -0.1) is 11.8 Å². The van der Waals surface area contributed by atoms with E-state index in [0.29, 0.717) is 29.2 Å². The minimum absolute atomic E-state index is 0.104. The van der Waals surface area contributed by atoms with Crippen molar-refractivity contribution >= 4 is 30.7 Å². The Balaban J connectivity index is 1.75. The summed E-state index contributed by atoms with van der Waals surface area (Å²) in [5, 5.41) is -1.12. The Morgan fingerprint density at radius 2 is 1.64 bits per heavy atom. The summed E-state index contributed by atoms with van der Waals surface area (Å²) < 4.78 is 116. The van der Waals surface area contributed by atoms with Gasteiger partial charge in [-0.25, -0.2) is 13.2 Å². The Morgan fingerprint density at radius 3 is 2.16 bits per heavy atom. The minimum atomic E-state index is -4.81. The standard InChI is InChI=1S/C31H40F6NO4PS/c1-6-41-43(39,42-7-2)30(18-28(3,4)19-30)20-40-26-15-27-25(14-24(26)31(35,36)37)38(23-10-8-22(32)9-11-23)16-21(17-44-27)12-13-29(5,33)34/h8-11,14-15,21H,6-7,12-13,16-20H2,1-5H3/t21-/m1/s1. The van der Waals surface area contributed by atoms with E-state index in [1.807, 2.05) is 13.8 Å². The number of nitrogens with zero attached hydrogens (tertiary/aromatic N) is 1. The Labute approximate surface area is 259 Å². The molecule has 1 atom stereocenters. The van der Waals surface area contributed by atoms with E-state index in [1.165, 1.54) is 42.1 Å². The first kappa shape index (κ1) is 35.0. The molecule has 246 valence electrons. The molecule has 0 radical (unpaired) electrons. The van der Waals surface area contributed by atoms with Gasteiger partial charge in [0.1, 0.15) is 23.3 Å². The molecule has 1 saturated carbocycles. The maximum atomic E-state index is 14.6. The first-order valence-corrected chi connectivity index (χ1v) is 17.2. The summed E-state index contributed by atoms with van der Waals surface area (Å²) in [7, 11) is -3.75. The van der Waals surface area contributed by atoms with E-state index in [2.05, 4.69) is 0 Å². The predicted octanol–water partition coefficient (Wildman–Crippen LogP) is 10.3. The van der Waals surface area contributed by atoms with Crippen LogP contribution in [-0.4, -0.2) is 43.2 Å². The number of benzene rings is 2. The lowest BCUT2D eigenvalue weighted by Crippen LogP contribution is -2.53. The van der Waals surface area contributed by atoms with Crippen LogP contribution in [-0.2, 0) is 19.8 Å². The van der Waals surface area contributed by atoms with Gasteiger partial charge in [0.25, 0.3) is 0 Å². The lowest BCUT2D eigenvalue weighted by Gasteiger charge is -2.54. The fourth-order valence-electron chi connectivity index (χ4n) is 6.30. The van der Waals surface area contributed by atoms with Crippen molar-refractivity contribution in [3.63, 3.8) is 0 Å². The molecule has 2 aromatic rings. The smallest absolute Gasteiger partial charge is 0.420 e. The second-order valence-corrected chi connectivity index (χ2v) is 16.1. The number of ether oxygens (including phenoxy) is 1. The number of alkyl halides is 5. The maximum Gasteiger partial charge on any atom is 0.420 e. The van der Waals surface area contributed by atoms with E-state index in [0.717, 1.165) is 13.0 Å². The van der Waals surface area contributed by atoms with Crippen LogP contribution in [0.15, 0.2) is 41.3 Å². The Hall–Kier alpha value is -1.88. The number of hydrogen-bond donors (Lipinski definition) is 0. The summed E-state index contributed by atoms with van der Waals surface area (Å²) in [6, 6.07) is 7.65. The number of fused-ring (bicyclic) bond motifs is 1. The first-order valence-electron chi connectivity index (χ1n) is 14.7. The zero-order chi connectivity index (χ0) is 32.6. The summed E-state index contributed by atoms with van der Waals surface area (Å²) in [5.74, 6) is -3.72. The van der Waals surface area contributed by atoms with Crippen molar-refractivity contribution in [2.45, 2.75) is 82.5 Å². The zero-order valence-electron chi connectivity index (χ0n) is 25.6. The number of halogens is 6. The van der Waals surface area contributed by atoms with Crippen molar-refractivity contribution in [3.05, 3.63) is 47.8 Å². The van der Waals surface area contributed by atoms with Gasteiger partial charge in [0.05, 0.1) is 24.5 Å². The second kappa shape index (κ2) is 13.1. The van der Waals surface area contributed by atoms with E-state index < -0.39 is 42.0 Å². The number of anilines is 2. The quantitative estimate of drug-likeness (QED) is 0.166. The average molecular weight is 668 g/mol. The summed E-state index contributed by atoms with van der Waals surface area (Å²) >= 11 is 1.27. The molecule has 1 heterocycles. The highest BCUT2D eigenvalue weighted by Crippen LogP contribution is 2.72. The highest BCUT2D eigenvalue weighted by Gasteiger charge is 2.62. The van der Waals surface area contributed by atoms with Gasteiger partial charge < -0.3 is 18.7 Å². The van der Waals surface area contributed by atoms with Gasteiger partial charge in [0.15, 0.2) is 0 Å². The minimum Gasteiger partial charge on any atom is -0.492 e. The molecule has 0 N–H and O–H groups in total. The molecular formula is C31H40F6NO4PS. The van der Waals surface area contributed by atoms with Gasteiger partial charge in [-0.2, -0.15) is 13.2 Å². The molecule has 2 aromatic carbocycles. The van der Waals surface area contributed by atoms with Crippen LogP contribution in [0.25, 0.3) is 0 Å². The van der Waals surface area contributed by atoms with Crippen LogP contribution in [0.1, 0.15) is 65.9 Å². The van der Waals surface area contributed by atoms with Crippen LogP contribution in [0.4, 0.5) is 37.7 Å². The predicted molar refractivity (Wildman–Crippen MR) is 161 cm³/mol. The van der Waals surface area contributed by atoms with Gasteiger partial charge in [0, 0.05) is 29.3 Å².